The average molecular weight is 551 g/mol. The minimum absolute atomic E-state index is 0.0706. The minimum atomic E-state index is -1.56. The van der Waals surface area contributed by atoms with E-state index in [0.29, 0.717) is 30.0 Å². The molecule has 0 aliphatic carbocycles. The van der Waals surface area contributed by atoms with E-state index in [1.54, 1.807) is 24.2 Å². The second kappa shape index (κ2) is 11.3. The monoisotopic (exact) mass is 550 g/mol. The van der Waals surface area contributed by atoms with Crippen molar-refractivity contribution in [3.8, 4) is 0 Å². The lowest BCUT2D eigenvalue weighted by atomic mass is 9.86. The Morgan fingerprint density at radius 3 is 2.89 bits per heavy atom. The Hall–Kier alpha value is -3.08. The van der Waals surface area contributed by atoms with Crippen molar-refractivity contribution in [3.63, 3.8) is 0 Å². The summed E-state index contributed by atoms with van der Waals surface area (Å²) in [6.45, 7) is 0.551. The summed E-state index contributed by atoms with van der Waals surface area (Å²) >= 11 is 3.76. The summed E-state index contributed by atoms with van der Waals surface area (Å²) in [6, 6.07) is -1.29. The Labute approximate surface area is 217 Å². The number of thioether (sulfide) groups is 2. The summed E-state index contributed by atoms with van der Waals surface area (Å²) in [5, 5.41) is 15.3. The standard InChI is InChI=1S/C20H22N8O5S3/c21-4-6-34-8-9-7-23-5-3-11(9)35-12-2-1-10-13(18(30)28(10)15(12)19(31)32)24-17(29)14(26-33)16-25-20(22)36-27-16/h3,5,7,10,13-14H,1-2,4,6,8,21H2,(H,24,29)(H,31,32)(H2,22,25,27)/t10?,13-,14?/m0/s1. The minimum Gasteiger partial charge on any atom is -0.477 e. The maximum Gasteiger partial charge on any atom is 0.353 e. The summed E-state index contributed by atoms with van der Waals surface area (Å²) < 4.78 is 3.83. The van der Waals surface area contributed by atoms with Crippen molar-refractivity contribution in [1.82, 2.24) is 24.6 Å². The molecule has 0 bridgehead atoms. The normalized spacial score (nSPS) is 19.9. The number of carboxylic acid groups (broad SMARTS) is 1. The third-order valence-corrected chi connectivity index (χ3v) is 8.42. The van der Waals surface area contributed by atoms with Crippen LogP contribution in [0.3, 0.4) is 0 Å². The van der Waals surface area contributed by atoms with E-state index in [2.05, 4.69) is 24.8 Å². The molecule has 190 valence electrons. The number of carboxylic acids is 1. The van der Waals surface area contributed by atoms with Gasteiger partial charge in [0.05, 0.1) is 6.04 Å². The molecule has 4 rings (SSSR count). The number of nitrogens with zero attached hydrogens (tertiary/aromatic N) is 5. The molecule has 0 aromatic carbocycles. The van der Waals surface area contributed by atoms with Gasteiger partial charge in [-0.15, -0.1) is 4.91 Å². The van der Waals surface area contributed by atoms with E-state index in [1.807, 2.05) is 6.07 Å². The molecule has 1 saturated heterocycles. The maximum atomic E-state index is 13.0. The first-order chi connectivity index (χ1) is 17.3. The van der Waals surface area contributed by atoms with Gasteiger partial charge in [-0.3, -0.25) is 19.5 Å². The van der Waals surface area contributed by atoms with E-state index in [1.165, 1.54) is 16.7 Å². The lowest BCUT2D eigenvalue weighted by Crippen LogP contribution is -2.71. The van der Waals surface area contributed by atoms with Crippen LogP contribution in [-0.2, 0) is 20.1 Å². The highest BCUT2D eigenvalue weighted by Crippen LogP contribution is 2.44. The topological polar surface area (TPSA) is 207 Å². The lowest BCUT2D eigenvalue weighted by Gasteiger charge is -2.50. The summed E-state index contributed by atoms with van der Waals surface area (Å²) in [6.07, 6.45) is 4.19. The van der Waals surface area contributed by atoms with Gasteiger partial charge in [0.1, 0.15) is 11.7 Å². The number of allylic oxidation sites excluding steroid dienone is 1. The van der Waals surface area contributed by atoms with Gasteiger partial charge in [0.25, 0.3) is 11.8 Å². The highest BCUT2D eigenvalue weighted by Gasteiger charge is 2.54. The van der Waals surface area contributed by atoms with Crippen LogP contribution in [0, 0.1) is 4.91 Å². The summed E-state index contributed by atoms with van der Waals surface area (Å²) in [5.74, 6) is -1.35. The van der Waals surface area contributed by atoms with Crippen LogP contribution in [-0.4, -0.2) is 66.5 Å². The number of aliphatic carboxylic acids is 1. The third kappa shape index (κ3) is 5.21. The SMILES string of the molecule is NCCSCc1cnccc1SC1=C(C(=O)O)N2C(=O)[C@@H](NC(=O)C(N=O)c3nsc(N)n3)C2CC1. The predicted molar refractivity (Wildman–Crippen MR) is 135 cm³/mol. The number of fused-ring (bicyclic) bond motifs is 1. The van der Waals surface area contributed by atoms with Gasteiger partial charge in [0, 0.05) is 51.8 Å². The number of carbonyl (C=O) groups is 3. The fraction of sp³-hybridized carbons (Fsp3) is 0.400. The number of amides is 2. The summed E-state index contributed by atoms with van der Waals surface area (Å²) in [5.41, 5.74) is 11.9. The fourth-order valence-electron chi connectivity index (χ4n) is 3.95. The van der Waals surface area contributed by atoms with Crippen LogP contribution in [0.1, 0.15) is 30.3 Å². The molecule has 16 heteroatoms. The molecule has 0 saturated carbocycles. The molecule has 13 nitrogen and oxygen atoms in total. The van der Waals surface area contributed by atoms with Crippen molar-refractivity contribution in [2.75, 3.05) is 18.0 Å². The number of hydrogen-bond donors (Lipinski definition) is 4. The zero-order chi connectivity index (χ0) is 25.8. The van der Waals surface area contributed by atoms with Gasteiger partial charge in [-0.1, -0.05) is 11.8 Å². The smallest absolute Gasteiger partial charge is 0.353 e. The van der Waals surface area contributed by atoms with Crippen molar-refractivity contribution >= 4 is 58.0 Å². The van der Waals surface area contributed by atoms with Gasteiger partial charge in [-0.05, 0) is 29.6 Å². The molecule has 2 aliphatic heterocycles. The number of nitroso groups, excluding NO2 is 1. The number of pyridine rings is 1. The van der Waals surface area contributed by atoms with Gasteiger partial charge < -0.3 is 21.9 Å². The van der Waals surface area contributed by atoms with Crippen LogP contribution < -0.4 is 16.8 Å². The molecule has 3 atom stereocenters. The van der Waals surface area contributed by atoms with Crippen LogP contribution in [0.25, 0.3) is 0 Å². The van der Waals surface area contributed by atoms with Gasteiger partial charge >= 0.3 is 5.97 Å². The van der Waals surface area contributed by atoms with Crippen molar-refractivity contribution in [3.05, 3.63) is 45.4 Å². The largest absolute Gasteiger partial charge is 0.477 e. The van der Waals surface area contributed by atoms with Crippen LogP contribution in [0.15, 0.2) is 39.1 Å². The van der Waals surface area contributed by atoms with Crippen LogP contribution >= 0.6 is 35.1 Å². The molecule has 0 spiro atoms. The number of aromatic nitrogens is 3. The molecule has 36 heavy (non-hydrogen) atoms. The summed E-state index contributed by atoms with van der Waals surface area (Å²) in [7, 11) is 0. The van der Waals surface area contributed by atoms with Gasteiger partial charge in [0.2, 0.25) is 6.04 Å². The molecular formula is C20H22N8O5S3. The number of hydrogen-bond acceptors (Lipinski definition) is 13. The molecular weight excluding hydrogens is 528 g/mol. The zero-order valence-electron chi connectivity index (χ0n) is 18.7. The van der Waals surface area contributed by atoms with E-state index < -0.39 is 35.9 Å². The quantitative estimate of drug-likeness (QED) is 0.176. The Bertz CT molecular complexity index is 1220. The molecule has 2 aromatic rings. The second-order valence-corrected chi connectivity index (χ2v) is 10.8. The predicted octanol–water partition coefficient (Wildman–Crippen LogP) is 1.09. The highest BCUT2D eigenvalue weighted by atomic mass is 32.2. The number of nitrogen functional groups attached to an aromatic ring is 1. The van der Waals surface area contributed by atoms with E-state index in [-0.39, 0.29) is 16.7 Å². The second-order valence-electron chi connectivity index (χ2n) is 7.80. The van der Waals surface area contributed by atoms with Crippen molar-refractivity contribution < 1.29 is 19.5 Å². The Kier molecular flexibility index (Phi) is 8.17. The number of carbonyl (C=O) groups excluding carboxylic acids is 2. The average Bonchev–Trinajstić information content (AvgIpc) is 3.29. The Morgan fingerprint density at radius 1 is 1.42 bits per heavy atom. The maximum absolute atomic E-state index is 13.0. The first-order valence-electron chi connectivity index (χ1n) is 10.8. The van der Waals surface area contributed by atoms with E-state index in [0.717, 1.165) is 27.7 Å². The van der Waals surface area contributed by atoms with E-state index in [9.17, 15) is 24.4 Å². The van der Waals surface area contributed by atoms with Crippen molar-refractivity contribution in [2.45, 2.75) is 41.6 Å². The number of anilines is 1. The number of rotatable bonds is 11. The van der Waals surface area contributed by atoms with E-state index >= 15 is 0 Å². The van der Waals surface area contributed by atoms with Crippen LogP contribution in [0.2, 0.25) is 0 Å². The van der Waals surface area contributed by atoms with Gasteiger partial charge in [-0.2, -0.15) is 16.1 Å². The summed E-state index contributed by atoms with van der Waals surface area (Å²) in [4.78, 5) is 59.6. The first-order valence-corrected chi connectivity index (χ1v) is 13.5. The number of β-lactam (4-membered cyclic amide) rings is 1. The Balaban J connectivity index is 1.51. The number of nitrogens with one attached hydrogen (secondary N) is 1. The molecule has 2 aliphatic rings. The first kappa shape index (κ1) is 26.0. The van der Waals surface area contributed by atoms with Gasteiger partial charge in [0.15, 0.2) is 11.0 Å². The lowest BCUT2D eigenvalue weighted by molar-refractivity contribution is -0.156. The molecule has 2 amide bonds. The van der Waals surface area contributed by atoms with Crippen LogP contribution in [0.5, 0.6) is 0 Å². The molecule has 2 aromatic heterocycles. The van der Waals surface area contributed by atoms with Gasteiger partial charge in [-0.25, -0.2) is 9.78 Å². The molecule has 6 N–H and O–H groups in total. The van der Waals surface area contributed by atoms with Crippen LogP contribution in [0.4, 0.5) is 5.13 Å². The Morgan fingerprint density at radius 2 is 2.22 bits per heavy atom. The molecule has 4 heterocycles. The molecule has 1 fully saturated rings. The molecule has 2 unspecified atom stereocenters. The third-order valence-electron chi connectivity index (χ3n) is 5.56. The highest BCUT2D eigenvalue weighted by molar-refractivity contribution is 8.03. The van der Waals surface area contributed by atoms with Crippen molar-refractivity contribution in [1.29, 1.82) is 0 Å². The van der Waals surface area contributed by atoms with Crippen molar-refractivity contribution in [2.24, 2.45) is 10.9 Å². The van der Waals surface area contributed by atoms with E-state index in [4.69, 9.17) is 11.5 Å². The molecule has 0 radical (unpaired) electrons. The zero-order valence-corrected chi connectivity index (χ0v) is 21.1. The number of nitrogens with two attached hydrogens (primary N) is 2. The fourth-order valence-corrected chi connectivity index (χ4v) is 6.42.